The van der Waals surface area contributed by atoms with Crippen LogP contribution < -0.4 is 10.6 Å². The summed E-state index contributed by atoms with van der Waals surface area (Å²) in [5.74, 6) is -0.930. The van der Waals surface area contributed by atoms with E-state index in [0.717, 1.165) is 10.0 Å². The Morgan fingerprint density at radius 1 is 1.22 bits per heavy atom. The van der Waals surface area contributed by atoms with E-state index in [0.29, 0.717) is 0 Å². The molecule has 1 heterocycles. The van der Waals surface area contributed by atoms with Gasteiger partial charge in [-0.3, -0.25) is 9.59 Å². The molecule has 23 heavy (non-hydrogen) atoms. The van der Waals surface area contributed by atoms with E-state index >= 15 is 0 Å². The van der Waals surface area contributed by atoms with Crippen LogP contribution >= 0.6 is 15.9 Å². The van der Waals surface area contributed by atoms with Gasteiger partial charge in [0.1, 0.15) is 5.70 Å². The van der Waals surface area contributed by atoms with Crippen molar-refractivity contribution in [2.75, 3.05) is 13.2 Å². The van der Waals surface area contributed by atoms with Crippen molar-refractivity contribution in [1.82, 2.24) is 10.6 Å². The molecule has 6 nitrogen and oxygen atoms in total. The quantitative estimate of drug-likeness (QED) is 0.669. The number of rotatable bonds is 6. The lowest BCUT2D eigenvalue weighted by Crippen LogP contribution is -2.36. The van der Waals surface area contributed by atoms with E-state index in [4.69, 9.17) is 9.52 Å². The first-order chi connectivity index (χ1) is 11.1. The maximum Gasteiger partial charge on any atom is 0.291 e. The highest BCUT2D eigenvalue weighted by Crippen LogP contribution is 2.13. The van der Waals surface area contributed by atoms with E-state index in [9.17, 15) is 9.59 Å². The molecule has 7 heteroatoms. The van der Waals surface area contributed by atoms with Crippen LogP contribution in [0.25, 0.3) is 6.08 Å². The number of furan rings is 1. The van der Waals surface area contributed by atoms with Gasteiger partial charge in [-0.2, -0.15) is 0 Å². The lowest BCUT2D eigenvalue weighted by Gasteiger charge is -2.09. The second-order valence-corrected chi connectivity index (χ2v) is 5.44. The topological polar surface area (TPSA) is 91.6 Å². The molecule has 0 saturated heterocycles. The van der Waals surface area contributed by atoms with Gasteiger partial charge in [0.15, 0.2) is 5.76 Å². The molecule has 0 saturated carbocycles. The fourth-order valence-electron chi connectivity index (χ4n) is 1.74. The molecule has 2 rings (SSSR count). The van der Waals surface area contributed by atoms with E-state index in [1.807, 2.05) is 12.1 Å². The molecule has 2 amide bonds. The summed E-state index contributed by atoms with van der Waals surface area (Å²) in [4.78, 5) is 24.2. The summed E-state index contributed by atoms with van der Waals surface area (Å²) >= 11 is 3.33. The van der Waals surface area contributed by atoms with Crippen LogP contribution in [0.2, 0.25) is 0 Å². The molecule has 0 spiro atoms. The number of halogens is 1. The van der Waals surface area contributed by atoms with Crippen molar-refractivity contribution in [3.63, 3.8) is 0 Å². The second-order valence-electron chi connectivity index (χ2n) is 4.52. The molecule has 0 fully saturated rings. The van der Waals surface area contributed by atoms with Crippen LogP contribution in [0.5, 0.6) is 0 Å². The van der Waals surface area contributed by atoms with Gasteiger partial charge in [0.05, 0.1) is 12.9 Å². The minimum absolute atomic E-state index is 0.0576. The van der Waals surface area contributed by atoms with E-state index in [1.54, 1.807) is 24.3 Å². The Hall–Kier alpha value is -2.38. The molecule has 0 aliphatic rings. The zero-order valence-electron chi connectivity index (χ0n) is 12.1. The van der Waals surface area contributed by atoms with Crippen LogP contribution in [0.1, 0.15) is 16.1 Å². The van der Waals surface area contributed by atoms with Crippen molar-refractivity contribution < 1.29 is 19.1 Å². The first-order valence-corrected chi connectivity index (χ1v) is 7.60. The first-order valence-electron chi connectivity index (χ1n) is 6.81. The molecule has 0 atom stereocenters. The maximum absolute atomic E-state index is 12.1. The summed E-state index contributed by atoms with van der Waals surface area (Å²) in [6.45, 7) is -0.101. The maximum atomic E-state index is 12.1. The zero-order valence-corrected chi connectivity index (χ0v) is 13.7. The Balaban J connectivity index is 2.22. The van der Waals surface area contributed by atoms with Gasteiger partial charge < -0.3 is 20.2 Å². The second kappa shape index (κ2) is 8.30. The normalized spacial score (nSPS) is 11.1. The van der Waals surface area contributed by atoms with Crippen molar-refractivity contribution in [2.45, 2.75) is 0 Å². The molecular weight excluding hydrogens is 364 g/mol. The molecular formula is C16H15BrN2O4. The first kappa shape index (κ1) is 17.0. The number of aliphatic hydroxyl groups is 1. The third-order valence-electron chi connectivity index (χ3n) is 2.82. The summed E-state index contributed by atoms with van der Waals surface area (Å²) in [6.07, 6.45) is 2.92. The highest BCUT2D eigenvalue weighted by atomic mass is 79.9. The number of carbonyl (C=O) groups excluding carboxylic acids is 2. The van der Waals surface area contributed by atoms with Gasteiger partial charge in [-0.25, -0.2) is 0 Å². The number of hydrogen-bond donors (Lipinski definition) is 3. The van der Waals surface area contributed by atoms with Crippen molar-refractivity contribution in [2.24, 2.45) is 0 Å². The lowest BCUT2D eigenvalue weighted by atomic mass is 10.2. The minimum Gasteiger partial charge on any atom is -0.459 e. The average molecular weight is 379 g/mol. The monoisotopic (exact) mass is 378 g/mol. The largest absolute Gasteiger partial charge is 0.459 e. The van der Waals surface area contributed by atoms with Crippen LogP contribution in [0.3, 0.4) is 0 Å². The van der Waals surface area contributed by atoms with Gasteiger partial charge >= 0.3 is 0 Å². The van der Waals surface area contributed by atoms with E-state index in [-0.39, 0.29) is 24.6 Å². The van der Waals surface area contributed by atoms with Crippen LogP contribution in [-0.2, 0) is 4.79 Å². The number of carbonyl (C=O) groups is 2. The lowest BCUT2D eigenvalue weighted by molar-refractivity contribution is -0.117. The van der Waals surface area contributed by atoms with Gasteiger partial charge in [0, 0.05) is 11.0 Å². The molecule has 0 bridgehead atoms. The summed E-state index contributed by atoms with van der Waals surface area (Å²) in [7, 11) is 0. The van der Waals surface area contributed by atoms with E-state index < -0.39 is 11.8 Å². The molecule has 3 N–H and O–H groups in total. The Kier molecular flexibility index (Phi) is 6.13. The highest BCUT2D eigenvalue weighted by molar-refractivity contribution is 9.10. The predicted octanol–water partition coefficient (Wildman–Crippen LogP) is 1.92. The van der Waals surface area contributed by atoms with Crippen LogP contribution in [-0.4, -0.2) is 30.1 Å². The molecule has 0 unspecified atom stereocenters. The fraction of sp³-hybridized carbons (Fsp3) is 0.125. The van der Waals surface area contributed by atoms with Crippen molar-refractivity contribution in [1.29, 1.82) is 0 Å². The van der Waals surface area contributed by atoms with Crippen molar-refractivity contribution >= 4 is 33.8 Å². The molecule has 0 aliphatic carbocycles. The van der Waals surface area contributed by atoms with E-state index in [2.05, 4.69) is 26.6 Å². The molecule has 0 aliphatic heterocycles. The number of amides is 2. The SMILES string of the molecule is O=C(NCCO)/C(=C\c1ccc(Br)cc1)NC(=O)c1ccco1. The Labute approximate surface area is 141 Å². The molecule has 120 valence electrons. The highest BCUT2D eigenvalue weighted by Gasteiger charge is 2.15. The summed E-state index contributed by atoms with van der Waals surface area (Å²) in [5, 5.41) is 13.8. The zero-order chi connectivity index (χ0) is 16.7. The molecule has 1 aromatic heterocycles. The number of aliphatic hydroxyl groups excluding tert-OH is 1. The number of hydrogen-bond acceptors (Lipinski definition) is 4. The Bertz CT molecular complexity index is 693. The van der Waals surface area contributed by atoms with Gasteiger partial charge in [0.25, 0.3) is 11.8 Å². The summed E-state index contributed by atoms with van der Waals surface area (Å²) in [6, 6.07) is 10.3. The van der Waals surface area contributed by atoms with Gasteiger partial charge in [-0.05, 0) is 35.9 Å². The average Bonchev–Trinajstić information content (AvgIpc) is 3.08. The van der Waals surface area contributed by atoms with E-state index in [1.165, 1.54) is 12.3 Å². The van der Waals surface area contributed by atoms with Gasteiger partial charge in [0.2, 0.25) is 0 Å². The Morgan fingerprint density at radius 3 is 2.57 bits per heavy atom. The number of benzene rings is 1. The minimum atomic E-state index is -0.530. The number of nitrogens with one attached hydrogen (secondary N) is 2. The molecule has 2 aromatic rings. The molecule has 1 aromatic carbocycles. The predicted molar refractivity (Wildman–Crippen MR) is 88.4 cm³/mol. The van der Waals surface area contributed by atoms with Crippen LogP contribution in [0.15, 0.2) is 57.2 Å². The van der Waals surface area contributed by atoms with Gasteiger partial charge in [-0.15, -0.1) is 0 Å². The summed E-state index contributed by atoms with van der Waals surface area (Å²) < 4.78 is 5.91. The smallest absolute Gasteiger partial charge is 0.291 e. The third-order valence-corrected chi connectivity index (χ3v) is 3.34. The van der Waals surface area contributed by atoms with Crippen LogP contribution in [0.4, 0.5) is 0 Å². The van der Waals surface area contributed by atoms with Crippen molar-refractivity contribution in [3.05, 3.63) is 64.2 Å². The van der Waals surface area contributed by atoms with Gasteiger partial charge in [-0.1, -0.05) is 28.1 Å². The fourth-order valence-corrected chi connectivity index (χ4v) is 2.00. The van der Waals surface area contributed by atoms with Crippen molar-refractivity contribution in [3.8, 4) is 0 Å². The third kappa shape index (κ3) is 5.08. The Morgan fingerprint density at radius 2 is 1.96 bits per heavy atom. The standard InChI is InChI=1S/C16H15BrN2O4/c17-12-5-3-11(4-6-12)10-13(15(21)18-7-8-20)19-16(22)14-2-1-9-23-14/h1-6,9-10,20H,7-8H2,(H,18,21)(H,19,22)/b13-10+. The molecule has 0 radical (unpaired) electrons. The van der Waals surface area contributed by atoms with Crippen LogP contribution in [0, 0.1) is 0 Å². The summed E-state index contributed by atoms with van der Waals surface area (Å²) in [5.41, 5.74) is 0.796.